The molecule has 0 heterocycles. The van der Waals surface area contributed by atoms with Gasteiger partial charge in [-0.3, -0.25) is 4.79 Å². The number of nitrogens with zero attached hydrogens (tertiary/aromatic N) is 1. The summed E-state index contributed by atoms with van der Waals surface area (Å²) >= 11 is 0. The fourth-order valence-electron chi connectivity index (χ4n) is 1.48. The normalized spacial score (nSPS) is 18.3. The third kappa shape index (κ3) is 4.38. The molecule has 0 N–H and O–H groups in total. The van der Waals surface area contributed by atoms with Crippen LogP contribution in [0.25, 0.3) is 0 Å². The summed E-state index contributed by atoms with van der Waals surface area (Å²) in [6.07, 6.45) is -2.20. The first-order valence-electron chi connectivity index (χ1n) is 5.21. The SMILES string of the molecule is C[C@@H](C1CC1)N(C)C(=O)COCC(F)(F)F. The molecule has 0 aliphatic heterocycles. The molecule has 0 spiro atoms. The zero-order valence-corrected chi connectivity index (χ0v) is 9.38. The summed E-state index contributed by atoms with van der Waals surface area (Å²) in [5.41, 5.74) is 0. The van der Waals surface area contributed by atoms with Crippen molar-refractivity contribution in [3.8, 4) is 0 Å². The van der Waals surface area contributed by atoms with E-state index in [0.29, 0.717) is 5.92 Å². The Kier molecular flexibility index (Phi) is 4.18. The first-order chi connectivity index (χ1) is 7.31. The Hall–Kier alpha value is -0.780. The van der Waals surface area contributed by atoms with Crippen LogP contribution in [0.3, 0.4) is 0 Å². The molecule has 94 valence electrons. The molecule has 1 atom stereocenters. The standard InChI is InChI=1S/C10H16F3NO2/c1-7(8-3-4-8)14(2)9(15)5-16-6-10(11,12)13/h7-8H,3-6H2,1-2H3/t7-/m0/s1. The summed E-state index contributed by atoms with van der Waals surface area (Å²) in [6.45, 7) is 0.0246. The molecule has 1 rings (SSSR count). The van der Waals surface area contributed by atoms with E-state index >= 15 is 0 Å². The van der Waals surface area contributed by atoms with Crippen LogP contribution >= 0.6 is 0 Å². The second-order valence-corrected chi connectivity index (χ2v) is 4.19. The van der Waals surface area contributed by atoms with Crippen LogP contribution in [0, 0.1) is 5.92 Å². The largest absolute Gasteiger partial charge is 0.411 e. The molecule has 3 nitrogen and oxygen atoms in total. The smallest absolute Gasteiger partial charge is 0.362 e. The van der Waals surface area contributed by atoms with Crippen LogP contribution in [0.1, 0.15) is 19.8 Å². The lowest BCUT2D eigenvalue weighted by Crippen LogP contribution is -2.39. The Morgan fingerprint density at radius 3 is 2.50 bits per heavy atom. The minimum Gasteiger partial charge on any atom is -0.362 e. The Labute approximate surface area is 92.5 Å². The number of hydrogen-bond donors (Lipinski definition) is 0. The van der Waals surface area contributed by atoms with Crippen molar-refractivity contribution in [1.82, 2.24) is 4.90 Å². The van der Waals surface area contributed by atoms with Crippen molar-refractivity contribution in [3.63, 3.8) is 0 Å². The summed E-state index contributed by atoms with van der Waals surface area (Å²) in [5, 5.41) is 0. The Morgan fingerprint density at radius 1 is 1.50 bits per heavy atom. The average Bonchev–Trinajstić information content (AvgIpc) is 2.96. The lowest BCUT2D eigenvalue weighted by atomic mass is 10.2. The quantitative estimate of drug-likeness (QED) is 0.732. The van der Waals surface area contributed by atoms with Gasteiger partial charge in [-0.25, -0.2) is 0 Å². The van der Waals surface area contributed by atoms with Gasteiger partial charge in [-0.05, 0) is 25.7 Å². The summed E-state index contributed by atoms with van der Waals surface area (Å²) < 4.78 is 39.6. The van der Waals surface area contributed by atoms with Gasteiger partial charge >= 0.3 is 6.18 Å². The van der Waals surface area contributed by atoms with Crippen LogP contribution in [0.5, 0.6) is 0 Å². The first kappa shape index (κ1) is 13.3. The topological polar surface area (TPSA) is 29.5 Å². The predicted octanol–water partition coefficient (Wildman–Crippen LogP) is 1.82. The maximum atomic E-state index is 11.8. The van der Waals surface area contributed by atoms with Crippen molar-refractivity contribution >= 4 is 5.91 Å². The van der Waals surface area contributed by atoms with Crippen molar-refractivity contribution in [2.45, 2.75) is 32.0 Å². The van der Waals surface area contributed by atoms with Crippen molar-refractivity contribution in [2.75, 3.05) is 20.3 Å². The monoisotopic (exact) mass is 239 g/mol. The zero-order valence-electron chi connectivity index (χ0n) is 9.38. The molecule has 1 amide bonds. The molecule has 0 aromatic carbocycles. The molecule has 0 bridgehead atoms. The number of ether oxygens (including phenoxy) is 1. The van der Waals surface area contributed by atoms with E-state index in [0.717, 1.165) is 12.8 Å². The van der Waals surface area contributed by atoms with E-state index in [-0.39, 0.29) is 6.04 Å². The molecule has 1 aliphatic carbocycles. The second-order valence-electron chi connectivity index (χ2n) is 4.19. The molecule has 1 aliphatic rings. The van der Waals surface area contributed by atoms with Crippen LogP contribution in [0.15, 0.2) is 0 Å². The van der Waals surface area contributed by atoms with E-state index in [1.165, 1.54) is 4.90 Å². The van der Waals surface area contributed by atoms with Gasteiger partial charge in [0.2, 0.25) is 5.91 Å². The van der Waals surface area contributed by atoms with E-state index in [2.05, 4.69) is 4.74 Å². The number of carbonyl (C=O) groups is 1. The Bertz CT molecular complexity index is 251. The number of carbonyl (C=O) groups excluding carboxylic acids is 1. The van der Waals surface area contributed by atoms with E-state index in [1.54, 1.807) is 7.05 Å². The molecule has 0 radical (unpaired) electrons. The number of halogens is 3. The van der Waals surface area contributed by atoms with E-state index in [1.807, 2.05) is 6.92 Å². The molecule has 1 saturated carbocycles. The highest BCUT2D eigenvalue weighted by molar-refractivity contribution is 5.77. The molecule has 16 heavy (non-hydrogen) atoms. The fraction of sp³-hybridized carbons (Fsp3) is 0.900. The van der Waals surface area contributed by atoms with Gasteiger partial charge in [0.15, 0.2) is 0 Å². The van der Waals surface area contributed by atoms with Gasteiger partial charge in [0.25, 0.3) is 0 Å². The number of likely N-dealkylation sites (N-methyl/N-ethyl adjacent to an activating group) is 1. The molecular weight excluding hydrogens is 223 g/mol. The van der Waals surface area contributed by atoms with Crippen molar-refractivity contribution in [3.05, 3.63) is 0 Å². The summed E-state index contributed by atoms with van der Waals surface area (Å²) in [7, 11) is 1.60. The molecular formula is C10H16F3NO2. The number of hydrogen-bond acceptors (Lipinski definition) is 2. The van der Waals surface area contributed by atoms with Gasteiger partial charge in [-0.15, -0.1) is 0 Å². The van der Waals surface area contributed by atoms with E-state index in [4.69, 9.17) is 0 Å². The fourth-order valence-corrected chi connectivity index (χ4v) is 1.48. The van der Waals surface area contributed by atoms with Crippen molar-refractivity contribution in [2.24, 2.45) is 5.92 Å². The highest BCUT2D eigenvalue weighted by Crippen LogP contribution is 2.34. The maximum Gasteiger partial charge on any atom is 0.411 e. The average molecular weight is 239 g/mol. The van der Waals surface area contributed by atoms with Gasteiger partial charge < -0.3 is 9.64 Å². The Morgan fingerprint density at radius 2 is 2.06 bits per heavy atom. The third-order valence-electron chi connectivity index (χ3n) is 2.80. The minimum absolute atomic E-state index is 0.0852. The number of alkyl halides is 3. The summed E-state index contributed by atoms with van der Waals surface area (Å²) in [5.74, 6) is 0.0974. The van der Waals surface area contributed by atoms with Gasteiger partial charge in [0, 0.05) is 13.1 Å². The van der Waals surface area contributed by atoms with Crippen LogP contribution in [-0.2, 0) is 9.53 Å². The van der Waals surface area contributed by atoms with Crippen LogP contribution < -0.4 is 0 Å². The van der Waals surface area contributed by atoms with Gasteiger partial charge in [-0.1, -0.05) is 0 Å². The number of amides is 1. The molecule has 0 saturated heterocycles. The van der Waals surface area contributed by atoms with Crippen LogP contribution in [-0.4, -0.2) is 43.3 Å². The van der Waals surface area contributed by atoms with Crippen molar-refractivity contribution in [1.29, 1.82) is 0 Å². The van der Waals surface area contributed by atoms with E-state index in [9.17, 15) is 18.0 Å². The minimum atomic E-state index is -4.37. The zero-order chi connectivity index (χ0) is 12.3. The summed E-state index contributed by atoms with van der Waals surface area (Å²) in [6, 6.07) is 0.0852. The highest BCUT2D eigenvalue weighted by atomic mass is 19.4. The van der Waals surface area contributed by atoms with Gasteiger partial charge in [0.05, 0.1) is 0 Å². The highest BCUT2D eigenvalue weighted by Gasteiger charge is 2.33. The second kappa shape index (κ2) is 5.03. The van der Waals surface area contributed by atoms with Gasteiger partial charge in [0.1, 0.15) is 13.2 Å². The molecule has 6 heteroatoms. The molecule has 1 fully saturated rings. The Balaban J connectivity index is 2.23. The first-order valence-corrected chi connectivity index (χ1v) is 5.21. The predicted molar refractivity (Wildman–Crippen MR) is 51.8 cm³/mol. The van der Waals surface area contributed by atoms with Crippen LogP contribution in [0.2, 0.25) is 0 Å². The van der Waals surface area contributed by atoms with E-state index < -0.39 is 25.3 Å². The lowest BCUT2D eigenvalue weighted by Gasteiger charge is -2.24. The van der Waals surface area contributed by atoms with Crippen molar-refractivity contribution < 1.29 is 22.7 Å². The van der Waals surface area contributed by atoms with Crippen LogP contribution in [0.4, 0.5) is 13.2 Å². The lowest BCUT2D eigenvalue weighted by molar-refractivity contribution is -0.178. The third-order valence-corrected chi connectivity index (χ3v) is 2.80. The number of rotatable bonds is 5. The molecule has 0 aromatic heterocycles. The summed E-state index contributed by atoms with van der Waals surface area (Å²) in [4.78, 5) is 12.9. The molecule has 0 unspecified atom stereocenters. The molecule has 0 aromatic rings. The maximum absolute atomic E-state index is 11.8. The van der Waals surface area contributed by atoms with Gasteiger partial charge in [-0.2, -0.15) is 13.2 Å².